The molecule has 1 aliphatic carbocycles. The summed E-state index contributed by atoms with van der Waals surface area (Å²) in [4.78, 5) is 2.47. The largest absolute Gasteiger partial charge is 0.300 e. The van der Waals surface area contributed by atoms with Gasteiger partial charge in [-0.1, -0.05) is 25.7 Å². The highest BCUT2D eigenvalue weighted by Gasteiger charge is 2.19. The summed E-state index contributed by atoms with van der Waals surface area (Å²) in [6, 6.07) is 1.32. The van der Waals surface area contributed by atoms with Gasteiger partial charge in [0, 0.05) is 18.0 Å². The maximum Gasteiger partial charge on any atom is 0.0376 e. The average molecular weight is 204 g/mol. The van der Waals surface area contributed by atoms with Gasteiger partial charge in [-0.3, -0.25) is 4.90 Å². The van der Waals surface area contributed by atoms with Crippen LogP contribution in [0, 0.1) is 0 Å². The molecule has 0 aromatic heterocycles. The van der Waals surface area contributed by atoms with E-state index < -0.39 is 0 Å². The third kappa shape index (κ3) is 3.47. The molecule has 78 valence electrons. The van der Waals surface area contributed by atoms with Crippen molar-refractivity contribution in [2.45, 2.75) is 57.5 Å². The number of hydrogen-bond donors (Lipinski definition) is 0. The highest BCUT2D eigenvalue weighted by atomic mass is 35.5. The molecule has 1 aliphatic rings. The average Bonchev–Trinajstić information content (AvgIpc) is 2.43. The fourth-order valence-electron chi connectivity index (χ4n) is 2.13. The molecule has 1 nitrogen and oxygen atoms in total. The van der Waals surface area contributed by atoms with Crippen LogP contribution in [0.15, 0.2) is 0 Å². The fourth-order valence-corrected chi connectivity index (χ4v) is 2.35. The summed E-state index contributed by atoms with van der Waals surface area (Å²) < 4.78 is 0. The number of nitrogens with zero attached hydrogens (tertiary/aromatic N) is 1. The summed E-state index contributed by atoms with van der Waals surface area (Å²) in [5.74, 6) is 0.757. The molecule has 0 aromatic rings. The summed E-state index contributed by atoms with van der Waals surface area (Å²) in [5, 5.41) is 0. The van der Waals surface area contributed by atoms with E-state index in [1.54, 1.807) is 0 Å². The maximum atomic E-state index is 5.87. The Balaban J connectivity index is 2.38. The topological polar surface area (TPSA) is 3.24 Å². The molecule has 1 rings (SSSR count). The first-order valence-electron chi connectivity index (χ1n) is 5.53. The highest BCUT2D eigenvalue weighted by molar-refractivity contribution is 6.18. The van der Waals surface area contributed by atoms with E-state index in [1.807, 2.05) is 0 Å². The lowest BCUT2D eigenvalue weighted by Gasteiger charge is -2.31. The van der Waals surface area contributed by atoms with Gasteiger partial charge in [-0.05, 0) is 26.8 Å². The van der Waals surface area contributed by atoms with E-state index in [1.165, 1.54) is 38.5 Å². The Hall–Kier alpha value is 0.250. The van der Waals surface area contributed by atoms with E-state index in [0.29, 0.717) is 6.04 Å². The van der Waals surface area contributed by atoms with Gasteiger partial charge in [0.05, 0.1) is 0 Å². The summed E-state index contributed by atoms with van der Waals surface area (Å²) >= 11 is 5.87. The molecule has 0 saturated heterocycles. The zero-order chi connectivity index (χ0) is 9.68. The van der Waals surface area contributed by atoms with Crippen molar-refractivity contribution in [1.82, 2.24) is 4.90 Å². The van der Waals surface area contributed by atoms with Gasteiger partial charge in [0.1, 0.15) is 0 Å². The third-order valence-corrected chi connectivity index (χ3v) is 3.77. The van der Waals surface area contributed by atoms with Crippen LogP contribution < -0.4 is 0 Å². The van der Waals surface area contributed by atoms with Crippen LogP contribution in [0.4, 0.5) is 0 Å². The molecular weight excluding hydrogens is 182 g/mol. The van der Waals surface area contributed by atoms with Crippen LogP contribution >= 0.6 is 11.6 Å². The van der Waals surface area contributed by atoms with Crippen LogP contribution in [0.25, 0.3) is 0 Å². The molecule has 0 N–H and O–H groups in total. The SMILES string of the molecule is CC(CCl)N(C)C1CCCCCC1. The smallest absolute Gasteiger partial charge is 0.0376 e. The van der Waals surface area contributed by atoms with Crippen molar-refractivity contribution in [3.05, 3.63) is 0 Å². The van der Waals surface area contributed by atoms with Gasteiger partial charge < -0.3 is 0 Å². The Morgan fingerprint density at radius 3 is 2.23 bits per heavy atom. The van der Waals surface area contributed by atoms with Crippen LogP contribution in [-0.4, -0.2) is 29.9 Å². The van der Waals surface area contributed by atoms with E-state index in [4.69, 9.17) is 11.6 Å². The van der Waals surface area contributed by atoms with Crippen LogP contribution in [0.3, 0.4) is 0 Å². The molecule has 1 unspecified atom stereocenters. The number of rotatable bonds is 3. The molecule has 1 fully saturated rings. The summed E-state index contributed by atoms with van der Waals surface area (Å²) in [7, 11) is 2.23. The predicted molar refractivity (Wildman–Crippen MR) is 59.4 cm³/mol. The van der Waals surface area contributed by atoms with Gasteiger partial charge in [-0.15, -0.1) is 11.6 Å². The third-order valence-electron chi connectivity index (χ3n) is 3.32. The number of alkyl halides is 1. The number of hydrogen-bond acceptors (Lipinski definition) is 1. The van der Waals surface area contributed by atoms with Gasteiger partial charge in [0.15, 0.2) is 0 Å². The van der Waals surface area contributed by atoms with Crippen molar-refractivity contribution >= 4 is 11.6 Å². The molecule has 0 amide bonds. The van der Waals surface area contributed by atoms with Gasteiger partial charge in [0.2, 0.25) is 0 Å². The monoisotopic (exact) mass is 203 g/mol. The quantitative estimate of drug-likeness (QED) is 0.503. The van der Waals surface area contributed by atoms with Crippen LogP contribution in [0.1, 0.15) is 45.4 Å². The lowest BCUT2D eigenvalue weighted by Crippen LogP contribution is -2.39. The Morgan fingerprint density at radius 2 is 1.77 bits per heavy atom. The molecular formula is C11H22ClN. The Bertz CT molecular complexity index is 130. The molecule has 0 aliphatic heterocycles. The van der Waals surface area contributed by atoms with Crippen LogP contribution in [-0.2, 0) is 0 Å². The fraction of sp³-hybridized carbons (Fsp3) is 1.00. The first kappa shape index (κ1) is 11.3. The molecule has 0 bridgehead atoms. The lowest BCUT2D eigenvalue weighted by molar-refractivity contribution is 0.180. The van der Waals surface area contributed by atoms with Gasteiger partial charge in [-0.25, -0.2) is 0 Å². The second-order valence-electron chi connectivity index (χ2n) is 4.31. The molecule has 0 heterocycles. The molecule has 0 radical (unpaired) electrons. The van der Waals surface area contributed by atoms with E-state index >= 15 is 0 Å². The zero-order valence-corrected chi connectivity index (χ0v) is 9.69. The van der Waals surface area contributed by atoms with E-state index in [9.17, 15) is 0 Å². The summed E-state index contributed by atoms with van der Waals surface area (Å²) in [6.45, 7) is 2.22. The second kappa shape index (κ2) is 5.87. The predicted octanol–water partition coefficient (Wildman–Crippen LogP) is 3.27. The number of halogens is 1. The van der Waals surface area contributed by atoms with E-state index in [0.717, 1.165) is 11.9 Å². The molecule has 13 heavy (non-hydrogen) atoms. The summed E-state index contributed by atoms with van der Waals surface area (Å²) in [5.41, 5.74) is 0. The Morgan fingerprint density at radius 1 is 1.23 bits per heavy atom. The second-order valence-corrected chi connectivity index (χ2v) is 4.62. The van der Waals surface area contributed by atoms with Crippen molar-refractivity contribution < 1.29 is 0 Å². The molecule has 1 saturated carbocycles. The normalized spacial score (nSPS) is 23.1. The van der Waals surface area contributed by atoms with Crippen molar-refractivity contribution in [1.29, 1.82) is 0 Å². The molecule has 0 aromatic carbocycles. The van der Waals surface area contributed by atoms with E-state index in [-0.39, 0.29) is 0 Å². The molecule has 2 heteroatoms. The van der Waals surface area contributed by atoms with Crippen molar-refractivity contribution in [2.75, 3.05) is 12.9 Å². The van der Waals surface area contributed by atoms with Gasteiger partial charge in [0.25, 0.3) is 0 Å². The minimum absolute atomic E-state index is 0.532. The molecule has 1 atom stereocenters. The standard InChI is InChI=1S/C11H22ClN/c1-10(9-12)13(2)11-7-5-3-4-6-8-11/h10-11H,3-9H2,1-2H3. The lowest BCUT2D eigenvalue weighted by atomic mass is 10.1. The van der Waals surface area contributed by atoms with Crippen molar-refractivity contribution in [2.24, 2.45) is 0 Å². The van der Waals surface area contributed by atoms with Crippen molar-refractivity contribution in [3.63, 3.8) is 0 Å². The van der Waals surface area contributed by atoms with Gasteiger partial charge >= 0.3 is 0 Å². The van der Waals surface area contributed by atoms with Crippen LogP contribution in [0.5, 0.6) is 0 Å². The Kier molecular flexibility index (Phi) is 5.12. The van der Waals surface area contributed by atoms with Crippen LogP contribution in [0.2, 0.25) is 0 Å². The molecule has 0 spiro atoms. The minimum atomic E-state index is 0.532. The Labute approximate surface area is 87.4 Å². The first-order chi connectivity index (χ1) is 6.25. The van der Waals surface area contributed by atoms with Gasteiger partial charge in [-0.2, -0.15) is 0 Å². The minimum Gasteiger partial charge on any atom is -0.300 e. The highest BCUT2D eigenvalue weighted by Crippen LogP contribution is 2.22. The first-order valence-corrected chi connectivity index (χ1v) is 6.07. The zero-order valence-electron chi connectivity index (χ0n) is 8.93. The maximum absolute atomic E-state index is 5.87. The summed E-state index contributed by atoms with van der Waals surface area (Å²) in [6.07, 6.45) is 8.42. The van der Waals surface area contributed by atoms with E-state index in [2.05, 4.69) is 18.9 Å². The van der Waals surface area contributed by atoms with Crippen molar-refractivity contribution in [3.8, 4) is 0 Å².